The molecule has 1 aromatic rings. The van der Waals surface area contributed by atoms with E-state index in [0.717, 1.165) is 12.1 Å². The fraction of sp³-hybridized carbons (Fsp3) is 0.429. The lowest BCUT2D eigenvalue weighted by Gasteiger charge is -2.12. The molecule has 0 aromatic heterocycles. The van der Waals surface area contributed by atoms with Crippen molar-refractivity contribution in [3.63, 3.8) is 0 Å². The SMILES string of the molecule is CC(C)CCNC(=O)C(=O)Nc1cc(C(F)(F)F)ccc1Cl. The number of alkyl halides is 3. The topological polar surface area (TPSA) is 58.2 Å². The Morgan fingerprint density at radius 1 is 1.23 bits per heavy atom. The predicted molar refractivity (Wildman–Crippen MR) is 77.5 cm³/mol. The summed E-state index contributed by atoms with van der Waals surface area (Å²) in [6, 6.07) is 2.49. The Labute approximate surface area is 131 Å². The first-order valence-corrected chi connectivity index (χ1v) is 6.95. The monoisotopic (exact) mass is 336 g/mol. The molecule has 4 nitrogen and oxygen atoms in total. The van der Waals surface area contributed by atoms with Gasteiger partial charge < -0.3 is 10.6 Å². The lowest BCUT2D eigenvalue weighted by atomic mass is 10.1. The van der Waals surface area contributed by atoms with Crippen LogP contribution in [0.4, 0.5) is 18.9 Å². The third kappa shape index (κ3) is 5.55. The standard InChI is InChI=1S/C14H16ClF3N2O2/c1-8(2)5-6-19-12(21)13(22)20-11-7-9(14(16,17)18)3-4-10(11)15/h3-4,7-8H,5-6H2,1-2H3,(H,19,21)(H,20,22). The average molecular weight is 337 g/mol. The maximum atomic E-state index is 12.6. The number of anilines is 1. The van der Waals surface area contributed by atoms with E-state index in [1.807, 2.05) is 13.8 Å². The molecule has 0 unspecified atom stereocenters. The fourth-order valence-electron chi connectivity index (χ4n) is 1.53. The Balaban J connectivity index is 2.73. The van der Waals surface area contributed by atoms with Crippen LogP contribution in [0, 0.1) is 5.92 Å². The highest BCUT2D eigenvalue weighted by Gasteiger charge is 2.31. The van der Waals surface area contributed by atoms with E-state index < -0.39 is 23.6 Å². The van der Waals surface area contributed by atoms with Crippen molar-refractivity contribution in [3.05, 3.63) is 28.8 Å². The number of benzene rings is 1. The molecule has 8 heteroatoms. The molecule has 0 aliphatic carbocycles. The van der Waals surface area contributed by atoms with Gasteiger partial charge in [-0.05, 0) is 30.5 Å². The Hall–Kier alpha value is -1.76. The van der Waals surface area contributed by atoms with Gasteiger partial charge in [-0.1, -0.05) is 25.4 Å². The smallest absolute Gasteiger partial charge is 0.348 e. The van der Waals surface area contributed by atoms with Gasteiger partial charge in [0.25, 0.3) is 0 Å². The van der Waals surface area contributed by atoms with E-state index in [4.69, 9.17) is 11.6 Å². The van der Waals surface area contributed by atoms with Gasteiger partial charge in [0.05, 0.1) is 16.3 Å². The van der Waals surface area contributed by atoms with Gasteiger partial charge in [0.1, 0.15) is 0 Å². The number of hydrogen-bond donors (Lipinski definition) is 2. The summed E-state index contributed by atoms with van der Waals surface area (Å²) in [4.78, 5) is 23.2. The molecule has 0 radical (unpaired) electrons. The molecule has 0 saturated carbocycles. The van der Waals surface area contributed by atoms with E-state index in [-0.39, 0.29) is 10.7 Å². The second kappa shape index (κ2) is 7.49. The lowest BCUT2D eigenvalue weighted by Crippen LogP contribution is -2.36. The summed E-state index contributed by atoms with van der Waals surface area (Å²) in [6.07, 6.45) is -3.88. The van der Waals surface area contributed by atoms with Crippen LogP contribution in [0.3, 0.4) is 0 Å². The number of carbonyl (C=O) groups is 2. The molecule has 2 amide bonds. The first-order chi connectivity index (χ1) is 10.1. The first-order valence-electron chi connectivity index (χ1n) is 6.57. The van der Waals surface area contributed by atoms with Crippen LogP contribution >= 0.6 is 11.6 Å². The molecule has 0 spiro atoms. The second-order valence-corrected chi connectivity index (χ2v) is 5.49. The fourth-order valence-corrected chi connectivity index (χ4v) is 1.70. The Morgan fingerprint density at radius 2 is 1.86 bits per heavy atom. The third-order valence-electron chi connectivity index (χ3n) is 2.76. The van der Waals surface area contributed by atoms with Gasteiger partial charge >= 0.3 is 18.0 Å². The summed E-state index contributed by atoms with van der Waals surface area (Å²) in [7, 11) is 0. The minimum atomic E-state index is -4.57. The molecule has 0 atom stereocenters. The van der Waals surface area contributed by atoms with Crippen molar-refractivity contribution >= 4 is 29.1 Å². The zero-order valence-electron chi connectivity index (χ0n) is 12.1. The Bertz CT molecular complexity index is 560. The van der Waals surface area contributed by atoms with Crippen LogP contribution in [-0.2, 0) is 15.8 Å². The molecule has 22 heavy (non-hydrogen) atoms. The number of hydrogen-bond acceptors (Lipinski definition) is 2. The van der Waals surface area contributed by atoms with Crippen LogP contribution in [-0.4, -0.2) is 18.4 Å². The summed E-state index contributed by atoms with van der Waals surface area (Å²) in [6.45, 7) is 4.21. The van der Waals surface area contributed by atoms with Gasteiger partial charge in [-0.2, -0.15) is 13.2 Å². The molecule has 122 valence electrons. The van der Waals surface area contributed by atoms with Gasteiger partial charge in [-0.3, -0.25) is 9.59 Å². The zero-order chi connectivity index (χ0) is 16.9. The van der Waals surface area contributed by atoms with Crippen LogP contribution in [0.25, 0.3) is 0 Å². The average Bonchev–Trinajstić information content (AvgIpc) is 2.39. The molecule has 0 bridgehead atoms. The Morgan fingerprint density at radius 3 is 2.41 bits per heavy atom. The maximum absolute atomic E-state index is 12.6. The van der Waals surface area contributed by atoms with Gasteiger partial charge in [0, 0.05) is 6.54 Å². The van der Waals surface area contributed by atoms with Crippen molar-refractivity contribution in [1.82, 2.24) is 5.32 Å². The largest absolute Gasteiger partial charge is 0.416 e. The highest BCUT2D eigenvalue weighted by atomic mass is 35.5. The van der Waals surface area contributed by atoms with Crippen molar-refractivity contribution in [1.29, 1.82) is 0 Å². The van der Waals surface area contributed by atoms with E-state index in [1.165, 1.54) is 0 Å². The summed E-state index contributed by atoms with van der Waals surface area (Å²) in [5.74, 6) is -1.64. The number of rotatable bonds is 4. The number of nitrogens with one attached hydrogen (secondary N) is 2. The summed E-state index contributed by atoms with van der Waals surface area (Å²) >= 11 is 5.73. The van der Waals surface area contributed by atoms with Crippen molar-refractivity contribution in [2.45, 2.75) is 26.4 Å². The summed E-state index contributed by atoms with van der Waals surface area (Å²) in [5, 5.41) is 4.37. The maximum Gasteiger partial charge on any atom is 0.416 e. The van der Waals surface area contributed by atoms with E-state index >= 15 is 0 Å². The quantitative estimate of drug-likeness (QED) is 0.827. The lowest BCUT2D eigenvalue weighted by molar-refractivity contribution is -0.137. The molecular formula is C14H16ClF3N2O2. The summed E-state index contributed by atoms with van der Waals surface area (Å²) < 4.78 is 37.8. The minimum Gasteiger partial charge on any atom is -0.348 e. The van der Waals surface area contributed by atoms with Crippen LogP contribution in [0.2, 0.25) is 5.02 Å². The van der Waals surface area contributed by atoms with Crippen molar-refractivity contribution < 1.29 is 22.8 Å². The van der Waals surface area contributed by atoms with Crippen LogP contribution < -0.4 is 10.6 Å². The third-order valence-corrected chi connectivity index (χ3v) is 3.08. The van der Waals surface area contributed by atoms with Crippen molar-refractivity contribution in [2.24, 2.45) is 5.92 Å². The summed E-state index contributed by atoms with van der Waals surface area (Å²) in [5.41, 5.74) is -1.23. The molecular weight excluding hydrogens is 321 g/mol. The van der Waals surface area contributed by atoms with E-state index in [0.29, 0.717) is 24.9 Å². The second-order valence-electron chi connectivity index (χ2n) is 5.08. The van der Waals surface area contributed by atoms with Gasteiger partial charge in [0.2, 0.25) is 0 Å². The molecule has 1 aromatic carbocycles. The van der Waals surface area contributed by atoms with E-state index in [9.17, 15) is 22.8 Å². The molecule has 0 saturated heterocycles. The van der Waals surface area contributed by atoms with E-state index in [1.54, 1.807) is 0 Å². The van der Waals surface area contributed by atoms with Gasteiger partial charge in [0.15, 0.2) is 0 Å². The van der Waals surface area contributed by atoms with Crippen LogP contribution in [0.1, 0.15) is 25.8 Å². The normalized spacial score (nSPS) is 11.4. The minimum absolute atomic E-state index is 0.0867. The van der Waals surface area contributed by atoms with Crippen LogP contribution in [0.15, 0.2) is 18.2 Å². The zero-order valence-corrected chi connectivity index (χ0v) is 12.8. The van der Waals surface area contributed by atoms with Crippen molar-refractivity contribution in [3.8, 4) is 0 Å². The highest BCUT2D eigenvalue weighted by molar-refractivity contribution is 6.41. The van der Waals surface area contributed by atoms with Gasteiger partial charge in [-0.15, -0.1) is 0 Å². The molecule has 1 rings (SSSR count). The van der Waals surface area contributed by atoms with Gasteiger partial charge in [-0.25, -0.2) is 0 Å². The Kier molecular flexibility index (Phi) is 6.22. The number of carbonyl (C=O) groups excluding carboxylic acids is 2. The molecule has 2 N–H and O–H groups in total. The molecule has 0 heterocycles. The molecule has 0 aliphatic rings. The van der Waals surface area contributed by atoms with Crippen LogP contribution in [0.5, 0.6) is 0 Å². The molecule has 0 fully saturated rings. The predicted octanol–water partition coefficient (Wildman–Crippen LogP) is 3.46. The first kappa shape index (κ1) is 18.3. The molecule has 0 aliphatic heterocycles. The number of amides is 2. The van der Waals surface area contributed by atoms with Crippen molar-refractivity contribution in [2.75, 3.05) is 11.9 Å². The van der Waals surface area contributed by atoms with E-state index in [2.05, 4.69) is 10.6 Å². The number of halogens is 4. The highest BCUT2D eigenvalue weighted by Crippen LogP contribution is 2.33.